The maximum Gasteiger partial charge on any atom is 0.270 e. The van der Waals surface area contributed by atoms with Crippen molar-refractivity contribution in [2.45, 2.75) is 25.5 Å². The highest BCUT2D eigenvalue weighted by Crippen LogP contribution is 2.10. The molecular weight excluding hydrogens is 320 g/mol. The molecule has 130 valence electrons. The fraction of sp³-hybridized carbons (Fsp3) is 0.333. The number of carbonyl (C=O) groups is 2. The Morgan fingerprint density at radius 2 is 1.80 bits per heavy atom. The lowest BCUT2D eigenvalue weighted by Gasteiger charge is -2.11. The van der Waals surface area contributed by atoms with Crippen molar-refractivity contribution in [1.82, 2.24) is 20.6 Å². The SMILES string of the molecule is O=C(NCc1ccncc1)c1cccc(C(=O)NCC2CCCO2)n1. The third-order valence-electron chi connectivity index (χ3n) is 3.93. The van der Waals surface area contributed by atoms with E-state index in [1.165, 1.54) is 0 Å². The molecule has 1 atom stereocenters. The number of carbonyl (C=O) groups excluding carboxylic acids is 2. The predicted molar refractivity (Wildman–Crippen MR) is 91.0 cm³/mol. The Morgan fingerprint density at radius 3 is 2.48 bits per heavy atom. The van der Waals surface area contributed by atoms with Gasteiger partial charge in [-0.3, -0.25) is 14.6 Å². The Balaban J connectivity index is 1.56. The first-order chi connectivity index (χ1) is 12.2. The summed E-state index contributed by atoms with van der Waals surface area (Å²) in [5, 5.41) is 5.58. The summed E-state index contributed by atoms with van der Waals surface area (Å²) in [6, 6.07) is 8.46. The number of amides is 2. The second kappa shape index (κ2) is 8.34. The summed E-state index contributed by atoms with van der Waals surface area (Å²) in [4.78, 5) is 32.5. The van der Waals surface area contributed by atoms with Crippen LogP contribution in [0.3, 0.4) is 0 Å². The molecule has 2 aromatic rings. The van der Waals surface area contributed by atoms with E-state index < -0.39 is 0 Å². The molecule has 1 fully saturated rings. The lowest BCUT2D eigenvalue weighted by Crippen LogP contribution is -2.32. The average Bonchev–Trinajstić information content (AvgIpc) is 3.18. The first kappa shape index (κ1) is 17.0. The van der Waals surface area contributed by atoms with E-state index in [-0.39, 0.29) is 29.3 Å². The van der Waals surface area contributed by atoms with E-state index in [0.717, 1.165) is 25.0 Å². The van der Waals surface area contributed by atoms with Gasteiger partial charge in [-0.05, 0) is 42.7 Å². The van der Waals surface area contributed by atoms with Gasteiger partial charge >= 0.3 is 0 Å². The molecule has 0 spiro atoms. The molecule has 0 saturated carbocycles. The number of hydrogen-bond acceptors (Lipinski definition) is 5. The van der Waals surface area contributed by atoms with Crippen molar-refractivity contribution < 1.29 is 14.3 Å². The number of rotatable bonds is 6. The molecule has 2 aromatic heterocycles. The van der Waals surface area contributed by atoms with Crippen LogP contribution in [0.15, 0.2) is 42.7 Å². The zero-order chi connectivity index (χ0) is 17.5. The van der Waals surface area contributed by atoms with Crippen LogP contribution in [-0.2, 0) is 11.3 Å². The molecule has 0 radical (unpaired) electrons. The van der Waals surface area contributed by atoms with Crippen molar-refractivity contribution in [3.63, 3.8) is 0 Å². The second-order valence-electron chi connectivity index (χ2n) is 5.79. The molecule has 0 bridgehead atoms. The van der Waals surface area contributed by atoms with Gasteiger partial charge in [0.25, 0.3) is 11.8 Å². The summed E-state index contributed by atoms with van der Waals surface area (Å²) in [6.45, 7) is 1.57. The summed E-state index contributed by atoms with van der Waals surface area (Å²) < 4.78 is 5.47. The van der Waals surface area contributed by atoms with Crippen molar-refractivity contribution in [3.8, 4) is 0 Å². The largest absolute Gasteiger partial charge is 0.376 e. The predicted octanol–water partition coefficient (Wildman–Crippen LogP) is 1.32. The standard InChI is InChI=1S/C18H20N4O3/c23-17(20-11-13-6-8-19-9-7-13)15-4-1-5-16(22-15)18(24)21-12-14-3-2-10-25-14/h1,4-9,14H,2-3,10-12H2,(H,20,23)(H,21,24). The average molecular weight is 340 g/mol. The second-order valence-corrected chi connectivity index (χ2v) is 5.79. The van der Waals surface area contributed by atoms with Crippen LogP contribution in [0, 0.1) is 0 Å². The van der Waals surface area contributed by atoms with Gasteiger partial charge in [0.2, 0.25) is 0 Å². The Bertz CT molecular complexity index is 730. The molecule has 25 heavy (non-hydrogen) atoms. The van der Waals surface area contributed by atoms with E-state index in [4.69, 9.17) is 4.74 Å². The number of nitrogens with zero attached hydrogens (tertiary/aromatic N) is 2. The van der Waals surface area contributed by atoms with Gasteiger partial charge < -0.3 is 15.4 Å². The maximum atomic E-state index is 12.2. The van der Waals surface area contributed by atoms with Crippen LogP contribution >= 0.6 is 0 Å². The van der Waals surface area contributed by atoms with Crippen molar-refractivity contribution in [2.24, 2.45) is 0 Å². The Labute approximate surface area is 145 Å². The molecule has 3 heterocycles. The molecule has 7 nitrogen and oxygen atoms in total. The van der Waals surface area contributed by atoms with Crippen molar-refractivity contribution in [3.05, 3.63) is 59.7 Å². The van der Waals surface area contributed by atoms with Gasteiger partial charge in [0.05, 0.1) is 6.10 Å². The zero-order valence-electron chi connectivity index (χ0n) is 13.8. The monoisotopic (exact) mass is 340 g/mol. The van der Waals surface area contributed by atoms with Crippen LogP contribution in [0.25, 0.3) is 0 Å². The third kappa shape index (κ3) is 4.84. The summed E-state index contributed by atoms with van der Waals surface area (Å²) in [5.74, 6) is -0.634. The molecule has 1 aliphatic heterocycles. The summed E-state index contributed by atoms with van der Waals surface area (Å²) in [6.07, 6.45) is 5.37. The minimum Gasteiger partial charge on any atom is -0.376 e. The lowest BCUT2D eigenvalue weighted by atomic mass is 10.2. The van der Waals surface area contributed by atoms with Crippen molar-refractivity contribution in [1.29, 1.82) is 0 Å². The molecule has 2 N–H and O–H groups in total. The van der Waals surface area contributed by atoms with Crippen LogP contribution in [0.5, 0.6) is 0 Å². The number of hydrogen-bond donors (Lipinski definition) is 2. The van der Waals surface area contributed by atoms with Crippen LogP contribution in [0.4, 0.5) is 0 Å². The molecule has 1 aliphatic rings. The normalized spacial score (nSPS) is 16.4. The highest BCUT2D eigenvalue weighted by Gasteiger charge is 2.18. The van der Waals surface area contributed by atoms with E-state index in [1.807, 2.05) is 12.1 Å². The molecule has 1 saturated heterocycles. The fourth-order valence-electron chi connectivity index (χ4n) is 2.56. The molecule has 3 rings (SSSR count). The third-order valence-corrected chi connectivity index (χ3v) is 3.93. The summed E-state index contributed by atoms with van der Waals surface area (Å²) in [7, 11) is 0. The Hall–Kier alpha value is -2.80. The highest BCUT2D eigenvalue weighted by molar-refractivity contribution is 5.96. The number of nitrogens with one attached hydrogen (secondary N) is 2. The molecule has 1 unspecified atom stereocenters. The van der Waals surface area contributed by atoms with Gasteiger partial charge in [0.15, 0.2) is 0 Å². The highest BCUT2D eigenvalue weighted by atomic mass is 16.5. The first-order valence-electron chi connectivity index (χ1n) is 8.26. The zero-order valence-corrected chi connectivity index (χ0v) is 13.8. The van der Waals surface area contributed by atoms with Gasteiger partial charge in [-0.25, -0.2) is 4.98 Å². The first-order valence-corrected chi connectivity index (χ1v) is 8.26. The quantitative estimate of drug-likeness (QED) is 0.827. The van der Waals surface area contributed by atoms with Crippen molar-refractivity contribution in [2.75, 3.05) is 13.2 Å². The number of pyridine rings is 2. The lowest BCUT2D eigenvalue weighted by molar-refractivity contribution is 0.0853. The minimum atomic E-state index is -0.328. The molecule has 7 heteroatoms. The molecule has 2 amide bonds. The van der Waals surface area contributed by atoms with Crippen LogP contribution in [-0.4, -0.2) is 41.0 Å². The van der Waals surface area contributed by atoms with E-state index in [1.54, 1.807) is 30.6 Å². The molecular formula is C18H20N4O3. The van der Waals surface area contributed by atoms with Crippen LogP contribution < -0.4 is 10.6 Å². The number of aromatic nitrogens is 2. The summed E-state index contributed by atoms with van der Waals surface area (Å²) >= 11 is 0. The van der Waals surface area contributed by atoms with Crippen molar-refractivity contribution >= 4 is 11.8 Å². The van der Waals surface area contributed by atoms with Crippen LogP contribution in [0.1, 0.15) is 39.4 Å². The fourth-order valence-corrected chi connectivity index (χ4v) is 2.56. The molecule has 0 aromatic carbocycles. The smallest absolute Gasteiger partial charge is 0.270 e. The number of ether oxygens (including phenoxy) is 1. The van der Waals surface area contributed by atoms with Gasteiger partial charge in [0.1, 0.15) is 11.4 Å². The van der Waals surface area contributed by atoms with Gasteiger partial charge in [-0.2, -0.15) is 0 Å². The maximum absolute atomic E-state index is 12.2. The van der Waals surface area contributed by atoms with E-state index >= 15 is 0 Å². The van der Waals surface area contributed by atoms with Gasteiger partial charge in [-0.1, -0.05) is 6.07 Å². The van der Waals surface area contributed by atoms with E-state index in [2.05, 4.69) is 20.6 Å². The molecule has 0 aliphatic carbocycles. The topological polar surface area (TPSA) is 93.2 Å². The van der Waals surface area contributed by atoms with Gasteiger partial charge in [0, 0.05) is 32.1 Å². The Kier molecular flexibility index (Phi) is 5.69. The van der Waals surface area contributed by atoms with Crippen LogP contribution in [0.2, 0.25) is 0 Å². The summed E-state index contributed by atoms with van der Waals surface area (Å²) in [5.41, 5.74) is 1.36. The van der Waals surface area contributed by atoms with Gasteiger partial charge in [-0.15, -0.1) is 0 Å². The Morgan fingerprint density at radius 1 is 1.08 bits per heavy atom. The van der Waals surface area contributed by atoms with E-state index in [0.29, 0.717) is 13.1 Å². The van der Waals surface area contributed by atoms with E-state index in [9.17, 15) is 9.59 Å². The minimum absolute atomic E-state index is 0.0655.